The molecule has 7 heteroatoms. The van der Waals surface area contributed by atoms with Crippen LogP contribution in [0.2, 0.25) is 0 Å². The van der Waals surface area contributed by atoms with E-state index in [1.54, 1.807) is 20.8 Å². The molecule has 2 unspecified atom stereocenters. The van der Waals surface area contributed by atoms with E-state index in [0.717, 1.165) is 6.42 Å². The molecule has 0 saturated carbocycles. The van der Waals surface area contributed by atoms with Crippen LogP contribution in [0.5, 0.6) is 0 Å². The van der Waals surface area contributed by atoms with Crippen LogP contribution in [0.15, 0.2) is 30.3 Å². The number of rotatable bonds is 4. The number of amides is 1. The van der Waals surface area contributed by atoms with Crippen molar-refractivity contribution in [3.63, 3.8) is 0 Å². The zero-order chi connectivity index (χ0) is 23.4. The van der Waals surface area contributed by atoms with E-state index in [1.807, 2.05) is 39.0 Å². The molecule has 1 amide bonds. The van der Waals surface area contributed by atoms with Crippen LogP contribution in [-0.2, 0) is 25.4 Å². The number of aliphatic hydroxyl groups excluding tert-OH is 1. The van der Waals surface area contributed by atoms with Gasteiger partial charge in [0.2, 0.25) is 0 Å². The summed E-state index contributed by atoms with van der Waals surface area (Å²) in [6.45, 7) is 11.8. The normalized spacial score (nSPS) is 22.2. The van der Waals surface area contributed by atoms with Gasteiger partial charge in [0.25, 0.3) is 0 Å². The number of cyclic esters (lactones) is 1. The Hall–Kier alpha value is -2.12. The van der Waals surface area contributed by atoms with Gasteiger partial charge in [0.05, 0.1) is 6.10 Å². The van der Waals surface area contributed by atoms with Crippen LogP contribution in [0.3, 0.4) is 0 Å². The maximum absolute atomic E-state index is 12.3. The standard InChI is InChI=1S/C20H29NO5.C4H10O/c1-14-12-16(13-15-8-6-5-7-9-15)24-11-10-17(18(22)25-14)21-19(23)26-20(2,3)4;1-4(2)3-5/h5-9,14,16-17H,10-13H2,1-4H3,(H,21,23);4-5H,3H2,1-2H3/t14?,16?,17-;/m0./s1. The Morgan fingerprint density at radius 3 is 2.42 bits per heavy atom. The van der Waals surface area contributed by atoms with Crippen LogP contribution in [0, 0.1) is 5.92 Å². The lowest BCUT2D eigenvalue weighted by Gasteiger charge is -2.23. The van der Waals surface area contributed by atoms with Gasteiger partial charge in [0.15, 0.2) is 0 Å². The van der Waals surface area contributed by atoms with Gasteiger partial charge in [-0.3, -0.25) is 0 Å². The molecular weight excluding hydrogens is 398 g/mol. The van der Waals surface area contributed by atoms with E-state index < -0.39 is 23.7 Å². The van der Waals surface area contributed by atoms with Crippen molar-refractivity contribution in [2.24, 2.45) is 5.92 Å². The fraction of sp³-hybridized carbons (Fsp3) is 0.667. The number of alkyl carbamates (subject to hydrolysis) is 1. The topological polar surface area (TPSA) is 94.1 Å². The molecule has 0 bridgehead atoms. The van der Waals surface area contributed by atoms with Gasteiger partial charge in [-0.25, -0.2) is 9.59 Å². The number of esters is 1. The SMILES string of the molecule is CC(C)CO.CC1CC(Cc2ccccc2)OCC[C@H](NC(=O)OC(C)(C)C)C(=O)O1. The van der Waals surface area contributed by atoms with Crippen LogP contribution in [-0.4, -0.2) is 54.2 Å². The highest BCUT2D eigenvalue weighted by molar-refractivity contribution is 5.81. The molecule has 2 N–H and O–H groups in total. The fourth-order valence-electron chi connectivity index (χ4n) is 2.84. The molecule has 1 aliphatic heterocycles. The lowest BCUT2D eigenvalue weighted by atomic mass is 10.0. The second-order valence-electron chi connectivity index (χ2n) is 9.23. The number of carbonyl (C=O) groups is 2. The smallest absolute Gasteiger partial charge is 0.408 e. The maximum atomic E-state index is 12.3. The van der Waals surface area contributed by atoms with Crippen LogP contribution < -0.4 is 5.32 Å². The number of aliphatic hydroxyl groups is 1. The van der Waals surface area contributed by atoms with E-state index in [9.17, 15) is 9.59 Å². The van der Waals surface area contributed by atoms with Gasteiger partial charge in [-0.15, -0.1) is 0 Å². The van der Waals surface area contributed by atoms with E-state index in [-0.39, 0.29) is 12.2 Å². The molecule has 3 atom stereocenters. The van der Waals surface area contributed by atoms with Crippen molar-refractivity contribution in [2.75, 3.05) is 13.2 Å². The highest BCUT2D eigenvalue weighted by atomic mass is 16.6. The Labute approximate surface area is 186 Å². The minimum absolute atomic E-state index is 0.0412. The second kappa shape index (κ2) is 13.3. The molecule has 1 aromatic rings. The summed E-state index contributed by atoms with van der Waals surface area (Å²) in [5.74, 6) is -0.0117. The largest absolute Gasteiger partial charge is 0.461 e. The number of nitrogens with one attached hydrogen (secondary N) is 1. The Morgan fingerprint density at radius 2 is 1.87 bits per heavy atom. The molecule has 1 fully saturated rings. The van der Waals surface area contributed by atoms with Crippen molar-refractivity contribution in [3.8, 4) is 0 Å². The van der Waals surface area contributed by atoms with E-state index >= 15 is 0 Å². The molecule has 1 aliphatic rings. The maximum Gasteiger partial charge on any atom is 0.408 e. The minimum Gasteiger partial charge on any atom is -0.461 e. The zero-order valence-electron chi connectivity index (χ0n) is 19.7. The van der Waals surface area contributed by atoms with Crippen molar-refractivity contribution in [3.05, 3.63) is 35.9 Å². The van der Waals surface area contributed by atoms with Gasteiger partial charge in [-0.05, 0) is 45.6 Å². The van der Waals surface area contributed by atoms with E-state index in [1.165, 1.54) is 5.56 Å². The summed E-state index contributed by atoms with van der Waals surface area (Å²) in [4.78, 5) is 24.3. The molecule has 1 aromatic carbocycles. The van der Waals surface area contributed by atoms with Crippen LogP contribution in [0.25, 0.3) is 0 Å². The van der Waals surface area contributed by atoms with Crippen LogP contribution >= 0.6 is 0 Å². The average Bonchev–Trinajstić information content (AvgIpc) is 2.71. The first-order valence-corrected chi connectivity index (χ1v) is 11.0. The van der Waals surface area contributed by atoms with Crippen LogP contribution in [0.4, 0.5) is 4.79 Å². The summed E-state index contributed by atoms with van der Waals surface area (Å²) in [5.41, 5.74) is 0.551. The quantitative estimate of drug-likeness (QED) is 0.695. The predicted octanol–water partition coefficient (Wildman–Crippen LogP) is 3.87. The molecule has 0 aromatic heterocycles. The Kier molecular flexibility index (Phi) is 11.6. The molecule has 0 radical (unpaired) electrons. The molecule has 1 saturated heterocycles. The molecule has 176 valence electrons. The zero-order valence-corrected chi connectivity index (χ0v) is 19.7. The number of ether oxygens (including phenoxy) is 3. The van der Waals surface area contributed by atoms with Crippen molar-refractivity contribution in [1.82, 2.24) is 5.32 Å². The Morgan fingerprint density at radius 1 is 1.26 bits per heavy atom. The van der Waals surface area contributed by atoms with Crippen molar-refractivity contribution in [2.45, 2.75) is 84.7 Å². The summed E-state index contributed by atoms with van der Waals surface area (Å²) in [6, 6.07) is 9.30. The van der Waals surface area contributed by atoms with Gasteiger partial charge >= 0.3 is 12.1 Å². The third-order valence-corrected chi connectivity index (χ3v) is 4.32. The number of benzene rings is 1. The Bertz CT molecular complexity index is 656. The number of hydrogen-bond donors (Lipinski definition) is 2. The summed E-state index contributed by atoms with van der Waals surface area (Å²) >= 11 is 0. The van der Waals surface area contributed by atoms with Gasteiger partial charge in [-0.1, -0.05) is 44.2 Å². The second-order valence-corrected chi connectivity index (χ2v) is 9.23. The monoisotopic (exact) mass is 437 g/mol. The van der Waals surface area contributed by atoms with Gasteiger partial charge in [-0.2, -0.15) is 0 Å². The lowest BCUT2D eigenvalue weighted by molar-refractivity contribution is -0.151. The number of hydrogen-bond acceptors (Lipinski definition) is 6. The third kappa shape index (κ3) is 12.4. The fourth-order valence-corrected chi connectivity index (χ4v) is 2.84. The Balaban J connectivity index is 0.000000861. The van der Waals surface area contributed by atoms with Crippen molar-refractivity contribution < 1.29 is 28.9 Å². The molecule has 31 heavy (non-hydrogen) atoms. The molecule has 0 spiro atoms. The molecule has 1 heterocycles. The molecule has 7 nitrogen and oxygen atoms in total. The molecule has 2 rings (SSSR count). The first-order chi connectivity index (χ1) is 14.5. The van der Waals surface area contributed by atoms with Crippen molar-refractivity contribution >= 4 is 12.1 Å². The lowest BCUT2D eigenvalue weighted by Crippen LogP contribution is -2.45. The van der Waals surface area contributed by atoms with E-state index in [2.05, 4.69) is 17.4 Å². The van der Waals surface area contributed by atoms with E-state index in [4.69, 9.17) is 19.3 Å². The van der Waals surface area contributed by atoms with Crippen LogP contribution in [0.1, 0.15) is 59.9 Å². The summed E-state index contributed by atoms with van der Waals surface area (Å²) < 4.78 is 16.7. The predicted molar refractivity (Wildman–Crippen MR) is 120 cm³/mol. The average molecular weight is 438 g/mol. The van der Waals surface area contributed by atoms with Gasteiger partial charge < -0.3 is 24.6 Å². The summed E-state index contributed by atoms with van der Waals surface area (Å²) in [6.07, 6.45) is 0.743. The summed E-state index contributed by atoms with van der Waals surface area (Å²) in [5, 5.41) is 10.7. The van der Waals surface area contributed by atoms with Gasteiger partial charge in [0.1, 0.15) is 17.7 Å². The first kappa shape index (κ1) is 26.9. The molecule has 0 aliphatic carbocycles. The van der Waals surface area contributed by atoms with Gasteiger partial charge in [0, 0.05) is 26.1 Å². The minimum atomic E-state index is -0.775. The first-order valence-electron chi connectivity index (χ1n) is 11.0. The highest BCUT2D eigenvalue weighted by Crippen LogP contribution is 2.17. The highest BCUT2D eigenvalue weighted by Gasteiger charge is 2.29. The summed E-state index contributed by atoms with van der Waals surface area (Å²) in [7, 11) is 0. The van der Waals surface area contributed by atoms with Crippen molar-refractivity contribution in [1.29, 1.82) is 0 Å². The molecular formula is C24H39NO6. The van der Waals surface area contributed by atoms with E-state index in [0.29, 0.717) is 32.0 Å². The number of carbonyl (C=O) groups excluding carboxylic acids is 2. The third-order valence-electron chi connectivity index (χ3n) is 4.32.